The van der Waals surface area contributed by atoms with E-state index in [0.717, 1.165) is 154 Å². The number of hydrogen-bond donors (Lipinski definition) is 0. The van der Waals surface area contributed by atoms with Crippen LogP contribution in [0.5, 0.6) is 0 Å². The van der Waals surface area contributed by atoms with E-state index in [4.69, 9.17) is 14.2 Å². The largest absolute Gasteiger partial charge is 0.462 e. The van der Waals surface area contributed by atoms with Crippen molar-refractivity contribution in [2.24, 2.45) is 0 Å². The first kappa shape index (κ1) is 76.5. The molecule has 0 aromatic heterocycles. The Kier molecular flexibility index (Phi) is 64.3. The van der Waals surface area contributed by atoms with Crippen LogP contribution in [0.25, 0.3) is 0 Å². The maximum absolute atomic E-state index is 12.9. The van der Waals surface area contributed by atoms with Crippen molar-refractivity contribution in [3.05, 3.63) is 134 Å². The fraction of sp³-hybridized carbons (Fsp3) is 0.667. The van der Waals surface area contributed by atoms with Crippen molar-refractivity contribution in [3.8, 4) is 0 Å². The summed E-state index contributed by atoms with van der Waals surface area (Å²) in [4.78, 5) is 38.4. The highest BCUT2D eigenvalue weighted by Crippen LogP contribution is 2.15. The Hall–Kier alpha value is -4.45. The number of ether oxygens (including phenoxy) is 3. The van der Waals surface area contributed by atoms with Crippen LogP contribution in [-0.4, -0.2) is 37.2 Å². The Morgan fingerprint density at radius 2 is 0.481 bits per heavy atom. The van der Waals surface area contributed by atoms with Crippen molar-refractivity contribution in [3.63, 3.8) is 0 Å². The van der Waals surface area contributed by atoms with Gasteiger partial charge in [0.2, 0.25) is 0 Å². The number of hydrogen-bond acceptors (Lipinski definition) is 6. The minimum absolute atomic E-state index is 0.0947. The average Bonchev–Trinajstić information content (AvgIpc) is 3.46. The van der Waals surface area contributed by atoms with Gasteiger partial charge in [-0.3, -0.25) is 14.4 Å². The molecule has 460 valence electrons. The van der Waals surface area contributed by atoms with Gasteiger partial charge in [-0.1, -0.05) is 276 Å². The SMILES string of the molecule is CC/C=C\C/C=C\C/C=C\C/C=C\C/C=C\C/C=C\C/C=C\CCCCCCCC(=O)OCC(COC(=O)CCCCCCC/C=C\CCCCCC)OC(=O)CCCCCCCCCC/C=C\C/C=C\C/C=C\CCCCCCC. The van der Waals surface area contributed by atoms with Crippen LogP contribution in [0.3, 0.4) is 0 Å². The molecule has 0 saturated heterocycles. The van der Waals surface area contributed by atoms with Gasteiger partial charge < -0.3 is 14.2 Å². The molecule has 1 unspecified atom stereocenters. The average molecular weight is 1120 g/mol. The summed E-state index contributed by atoms with van der Waals surface area (Å²) in [6.45, 7) is 6.48. The van der Waals surface area contributed by atoms with Crippen LogP contribution < -0.4 is 0 Å². The van der Waals surface area contributed by atoms with E-state index >= 15 is 0 Å². The van der Waals surface area contributed by atoms with Gasteiger partial charge in [0.1, 0.15) is 13.2 Å². The van der Waals surface area contributed by atoms with Gasteiger partial charge in [0.05, 0.1) is 0 Å². The normalized spacial score (nSPS) is 13.0. The van der Waals surface area contributed by atoms with Crippen LogP contribution >= 0.6 is 0 Å². The maximum atomic E-state index is 12.9. The predicted octanol–water partition coefficient (Wildman–Crippen LogP) is 23.3. The molecule has 0 aliphatic carbocycles. The van der Waals surface area contributed by atoms with Crippen molar-refractivity contribution < 1.29 is 28.6 Å². The molecule has 0 aliphatic heterocycles. The Morgan fingerprint density at radius 3 is 0.778 bits per heavy atom. The minimum atomic E-state index is -0.800. The highest BCUT2D eigenvalue weighted by atomic mass is 16.6. The summed E-state index contributed by atoms with van der Waals surface area (Å²) in [5.74, 6) is -0.926. The molecule has 81 heavy (non-hydrogen) atoms. The molecule has 0 bridgehead atoms. The smallest absolute Gasteiger partial charge is 0.306 e. The molecule has 0 aliphatic rings. The highest BCUT2D eigenvalue weighted by molar-refractivity contribution is 5.71. The van der Waals surface area contributed by atoms with Crippen LogP contribution in [0.1, 0.15) is 303 Å². The fourth-order valence-electron chi connectivity index (χ4n) is 9.07. The van der Waals surface area contributed by atoms with Crippen molar-refractivity contribution in [2.75, 3.05) is 13.2 Å². The van der Waals surface area contributed by atoms with Gasteiger partial charge in [-0.05, 0) is 141 Å². The van der Waals surface area contributed by atoms with Gasteiger partial charge in [-0.15, -0.1) is 0 Å². The number of unbranched alkanes of at least 4 members (excludes halogenated alkanes) is 27. The second kappa shape index (κ2) is 68.1. The van der Waals surface area contributed by atoms with Gasteiger partial charge >= 0.3 is 17.9 Å². The summed E-state index contributed by atoms with van der Waals surface area (Å²) in [5, 5.41) is 0. The monoisotopic (exact) mass is 1120 g/mol. The first-order chi connectivity index (χ1) is 40.0. The number of carbonyl (C=O) groups is 3. The summed E-state index contributed by atoms with van der Waals surface area (Å²) in [6, 6.07) is 0. The van der Waals surface area contributed by atoms with Crippen molar-refractivity contribution in [1.29, 1.82) is 0 Å². The number of allylic oxidation sites excluding steroid dienone is 22. The molecule has 6 heteroatoms. The second-order valence-electron chi connectivity index (χ2n) is 22.0. The second-order valence-corrected chi connectivity index (χ2v) is 22.0. The van der Waals surface area contributed by atoms with E-state index < -0.39 is 6.10 Å². The topological polar surface area (TPSA) is 78.9 Å². The van der Waals surface area contributed by atoms with Gasteiger partial charge in [0.15, 0.2) is 6.10 Å². The van der Waals surface area contributed by atoms with Gasteiger partial charge in [-0.25, -0.2) is 0 Å². The quantitative estimate of drug-likeness (QED) is 0.0261. The van der Waals surface area contributed by atoms with E-state index in [1.54, 1.807) is 0 Å². The van der Waals surface area contributed by atoms with Gasteiger partial charge in [0.25, 0.3) is 0 Å². The summed E-state index contributed by atoms with van der Waals surface area (Å²) in [7, 11) is 0. The van der Waals surface area contributed by atoms with Crippen molar-refractivity contribution in [1.82, 2.24) is 0 Å². The zero-order valence-electron chi connectivity index (χ0n) is 52.8. The van der Waals surface area contributed by atoms with E-state index in [0.29, 0.717) is 19.3 Å². The molecule has 0 rings (SSSR count). The standard InChI is InChI=1S/C75H124O6/c1-4-7-10-13-16-19-22-25-27-29-31-33-35-36-37-38-40-41-43-45-47-50-53-56-59-62-65-68-74(77)80-71-72(70-79-73(76)67-64-61-58-55-52-49-24-21-18-15-12-9-6-3)81-75(78)69-66-63-60-57-54-51-48-46-44-42-39-34-32-30-28-26-23-20-17-14-11-8-5-2/h7,10,16,19,21,23-27,30-33,36-37,39-42,45,47,72H,4-6,8-9,11-15,17-18,20,22,28-29,34-35,38,43-44,46,48-71H2,1-3H3/b10-7-,19-16-,24-21-,26-23-,27-25-,32-30-,33-31-,37-36-,41-40-,42-39-,47-45-. The third-order valence-corrected chi connectivity index (χ3v) is 14.1. The van der Waals surface area contributed by atoms with E-state index in [1.165, 1.54) is 109 Å². The first-order valence-corrected chi connectivity index (χ1v) is 33.7. The number of esters is 3. The lowest BCUT2D eigenvalue weighted by Gasteiger charge is -2.18. The van der Waals surface area contributed by atoms with Crippen LogP contribution in [-0.2, 0) is 28.6 Å². The van der Waals surface area contributed by atoms with E-state index in [9.17, 15) is 14.4 Å². The molecule has 0 fully saturated rings. The Morgan fingerprint density at radius 1 is 0.259 bits per heavy atom. The summed E-state index contributed by atoms with van der Waals surface area (Å²) < 4.78 is 16.9. The van der Waals surface area contributed by atoms with Gasteiger partial charge in [-0.2, -0.15) is 0 Å². The first-order valence-electron chi connectivity index (χ1n) is 33.7. The molecule has 0 amide bonds. The predicted molar refractivity (Wildman–Crippen MR) is 353 cm³/mol. The molecule has 0 radical (unpaired) electrons. The molecule has 0 heterocycles. The molecular weight excluding hydrogens is 997 g/mol. The van der Waals surface area contributed by atoms with Crippen LogP contribution in [0.2, 0.25) is 0 Å². The molecule has 6 nitrogen and oxygen atoms in total. The van der Waals surface area contributed by atoms with Crippen molar-refractivity contribution >= 4 is 17.9 Å². The zero-order chi connectivity index (χ0) is 58.5. The zero-order valence-corrected chi connectivity index (χ0v) is 52.8. The number of carbonyl (C=O) groups excluding carboxylic acids is 3. The van der Waals surface area contributed by atoms with E-state index in [-0.39, 0.29) is 31.1 Å². The molecular formula is C75H124O6. The van der Waals surface area contributed by atoms with Crippen LogP contribution in [0.15, 0.2) is 134 Å². The molecule has 1 atom stereocenters. The Labute approximate surface area is 500 Å². The molecule has 0 aromatic carbocycles. The lowest BCUT2D eigenvalue weighted by Crippen LogP contribution is -2.30. The molecule has 0 saturated carbocycles. The fourth-order valence-corrected chi connectivity index (χ4v) is 9.07. The summed E-state index contributed by atoms with van der Waals surface area (Å²) in [5.41, 5.74) is 0. The van der Waals surface area contributed by atoms with E-state index in [2.05, 4.69) is 154 Å². The van der Waals surface area contributed by atoms with E-state index in [1.807, 2.05) is 0 Å². The highest BCUT2D eigenvalue weighted by Gasteiger charge is 2.19. The Balaban J connectivity index is 4.41. The van der Waals surface area contributed by atoms with Crippen molar-refractivity contribution in [2.45, 2.75) is 309 Å². The lowest BCUT2D eigenvalue weighted by molar-refractivity contribution is -0.167. The number of rotatable bonds is 60. The lowest BCUT2D eigenvalue weighted by atomic mass is 10.1. The minimum Gasteiger partial charge on any atom is -0.462 e. The summed E-state index contributed by atoms with van der Waals surface area (Å²) >= 11 is 0. The summed E-state index contributed by atoms with van der Waals surface area (Å²) in [6.07, 6.45) is 96.0. The molecule has 0 spiro atoms. The van der Waals surface area contributed by atoms with Gasteiger partial charge in [0, 0.05) is 19.3 Å². The van der Waals surface area contributed by atoms with Crippen LogP contribution in [0.4, 0.5) is 0 Å². The molecule has 0 aromatic rings. The third-order valence-electron chi connectivity index (χ3n) is 14.1. The maximum Gasteiger partial charge on any atom is 0.306 e. The van der Waals surface area contributed by atoms with Crippen LogP contribution in [0, 0.1) is 0 Å². The third kappa shape index (κ3) is 66.2. The molecule has 0 N–H and O–H groups in total. The Bertz CT molecular complexity index is 1720.